The fourth-order valence-electron chi connectivity index (χ4n) is 2.73. The van der Waals surface area contributed by atoms with Crippen LogP contribution in [0.15, 0.2) is 36.4 Å². The summed E-state index contributed by atoms with van der Waals surface area (Å²) >= 11 is 0. The SMILES string of the molecule is O=C(Nc1cc(C(F)(F)F)cc(C(F)(F)F)c1)OCC#CC#CCOC(=O)Nc1cc(C(F)(F)F)cc(C(F)(F)F)c1. The molecule has 226 valence electrons. The maximum absolute atomic E-state index is 12.9. The first-order chi connectivity index (χ1) is 19.2. The summed E-state index contributed by atoms with van der Waals surface area (Å²) in [4.78, 5) is 23.3. The predicted octanol–water partition coefficient (Wildman–Crippen LogP) is 7.57. The molecule has 0 saturated heterocycles. The van der Waals surface area contributed by atoms with Crippen molar-refractivity contribution in [1.29, 1.82) is 0 Å². The van der Waals surface area contributed by atoms with E-state index in [2.05, 4.69) is 33.2 Å². The number of carbonyl (C=O) groups excluding carboxylic acids is 2. The minimum atomic E-state index is -5.15. The lowest BCUT2D eigenvalue weighted by Crippen LogP contribution is -2.17. The molecule has 2 aromatic rings. The van der Waals surface area contributed by atoms with Crippen molar-refractivity contribution in [1.82, 2.24) is 0 Å². The Morgan fingerprint density at radius 3 is 1.02 bits per heavy atom. The summed E-state index contributed by atoms with van der Waals surface area (Å²) in [5, 5.41) is 3.36. The average molecular weight is 620 g/mol. The molecule has 0 saturated carbocycles. The van der Waals surface area contributed by atoms with Gasteiger partial charge in [0.25, 0.3) is 0 Å². The Bertz CT molecular complexity index is 1260. The van der Waals surface area contributed by atoms with Gasteiger partial charge in [-0.3, -0.25) is 10.6 Å². The third kappa shape index (κ3) is 10.7. The lowest BCUT2D eigenvalue weighted by atomic mass is 10.1. The van der Waals surface area contributed by atoms with Gasteiger partial charge in [0.1, 0.15) is 0 Å². The lowest BCUT2D eigenvalue weighted by Gasteiger charge is -2.14. The number of hydrogen-bond acceptors (Lipinski definition) is 4. The number of carbonyl (C=O) groups is 2. The Balaban J connectivity index is 1.89. The molecule has 0 aromatic heterocycles. The van der Waals surface area contributed by atoms with E-state index in [9.17, 15) is 62.3 Å². The first kappa shape index (κ1) is 33.5. The molecule has 0 aliphatic rings. The van der Waals surface area contributed by atoms with E-state index in [1.54, 1.807) is 10.6 Å². The zero-order valence-corrected chi connectivity index (χ0v) is 20.0. The van der Waals surface area contributed by atoms with E-state index in [0.29, 0.717) is 0 Å². The standard InChI is InChI=1S/C24H12F12N2O4/c25-21(26,27)13-7-14(22(28,29)30)10-17(9-13)37-19(39)41-5-3-1-2-4-6-42-20(40)38-18-11-15(23(31,32)33)8-16(12-18)24(34,35)36/h7-12H,5-6H2,(H,37,39)(H,38,40). The first-order valence-electron chi connectivity index (χ1n) is 10.6. The maximum Gasteiger partial charge on any atom is 0.416 e. The van der Waals surface area contributed by atoms with Crippen LogP contribution in [-0.2, 0) is 34.2 Å². The van der Waals surface area contributed by atoms with Gasteiger partial charge in [-0.2, -0.15) is 52.7 Å². The van der Waals surface area contributed by atoms with Crippen LogP contribution in [0.4, 0.5) is 73.6 Å². The molecule has 0 aliphatic carbocycles. The van der Waals surface area contributed by atoms with Crippen LogP contribution in [0.2, 0.25) is 0 Å². The summed E-state index contributed by atoms with van der Waals surface area (Å²) in [6.07, 6.45) is -23.5. The number of rotatable bonds is 4. The van der Waals surface area contributed by atoms with Gasteiger partial charge in [0.2, 0.25) is 0 Å². The van der Waals surface area contributed by atoms with Crippen molar-refractivity contribution in [3.63, 3.8) is 0 Å². The highest BCUT2D eigenvalue weighted by atomic mass is 19.4. The quantitative estimate of drug-likeness (QED) is 0.273. The average Bonchev–Trinajstić information content (AvgIpc) is 2.83. The normalized spacial score (nSPS) is 11.8. The van der Waals surface area contributed by atoms with Gasteiger partial charge < -0.3 is 9.47 Å². The van der Waals surface area contributed by atoms with Crippen molar-refractivity contribution in [2.45, 2.75) is 24.7 Å². The molecule has 2 N–H and O–H groups in total. The van der Waals surface area contributed by atoms with Crippen LogP contribution in [-0.4, -0.2) is 25.4 Å². The Kier molecular flexibility index (Phi) is 10.2. The fraction of sp³-hybridized carbons (Fsp3) is 0.250. The van der Waals surface area contributed by atoms with Gasteiger partial charge in [-0.15, -0.1) is 0 Å². The summed E-state index contributed by atoms with van der Waals surface area (Å²) in [6, 6.07) is 0.669. The smallest absolute Gasteiger partial charge is 0.416 e. The Hall–Kier alpha value is -4.74. The Morgan fingerprint density at radius 1 is 0.524 bits per heavy atom. The summed E-state index contributed by atoms with van der Waals surface area (Å²) in [5.74, 6) is 8.33. The molecular weight excluding hydrogens is 608 g/mol. The van der Waals surface area contributed by atoms with Crippen LogP contribution in [0.25, 0.3) is 0 Å². The number of benzene rings is 2. The zero-order valence-electron chi connectivity index (χ0n) is 20.0. The molecule has 0 radical (unpaired) electrons. The van der Waals surface area contributed by atoms with E-state index in [0.717, 1.165) is 0 Å². The first-order valence-corrected chi connectivity index (χ1v) is 10.6. The highest BCUT2D eigenvalue weighted by molar-refractivity contribution is 5.85. The van der Waals surface area contributed by atoms with Crippen molar-refractivity contribution >= 4 is 23.6 Å². The number of hydrogen-bond donors (Lipinski definition) is 2. The minimum absolute atomic E-state index is 0.150. The van der Waals surface area contributed by atoms with Crippen molar-refractivity contribution in [3.05, 3.63) is 58.7 Å². The zero-order chi connectivity index (χ0) is 31.9. The summed E-state index contributed by atoms with van der Waals surface area (Å²) < 4.78 is 163. The van der Waals surface area contributed by atoms with Crippen LogP contribution in [0.3, 0.4) is 0 Å². The molecule has 0 unspecified atom stereocenters. The van der Waals surface area contributed by atoms with E-state index < -0.39 is 83.7 Å². The fourth-order valence-corrected chi connectivity index (χ4v) is 2.73. The molecule has 0 atom stereocenters. The van der Waals surface area contributed by atoms with Gasteiger partial charge in [-0.1, -0.05) is 0 Å². The topological polar surface area (TPSA) is 76.7 Å². The van der Waals surface area contributed by atoms with E-state index >= 15 is 0 Å². The number of anilines is 2. The largest absolute Gasteiger partial charge is 0.436 e. The number of ether oxygens (including phenoxy) is 2. The van der Waals surface area contributed by atoms with E-state index in [-0.39, 0.29) is 36.4 Å². The third-order valence-corrected chi connectivity index (χ3v) is 4.46. The van der Waals surface area contributed by atoms with Crippen LogP contribution in [0.5, 0.6) is 0 Å². The molecule has 2 rings (SSSR count). The molecule has 42 heavy (non-hydrogen) atoms. The van der Waals surface area contributed by atoms with Crippen molar-refractivity contribution in [3.8, 4) is 23.7 Å². The molecule has 0 spiro atoms. The monoisotopic (exact) mass is 620 g/mol. The third-order valence-electron chi connectivity index (χ3n) is 4.46. The van der Waals surface area contributed by atoms with E-state index in [1.807, 2.05) is 0 Å². The van der Waals surface area contributed by atoms with Gasteiger partial charge >= 0.3 is 36.9 Å². The highest BCUT2D eigenvalue weighted by Crippen LogP contribution is 2.38. The lowest BCUT2D eigenvalue weighted by molar-refractivity contribution is -0.144. The van der Waals surface area contributed by atoms with Gasteiger partial charge in [0.05, 0.1) is 22.3 Å². The van der Waals surface area contributed by atoms with E-state index in [1.165, 1.54) is 0 Å². The summed E-state index contributed by atoms with van der Waals surface area (Å²) in [6.45, 7) is -1.49. The number of halogens is 12. The molecule has 2 aromatic carbocycles. The van der Waals surface area contributed by atoms with Crippen molar-refractivity contribution in [2.75, 3.05) is 23.8 Å². The molecule has 6 nitrogen and oxygen atoms in total. The van der Waals surface area contributed by atoms with Crippen LogP contribution < -0.4 is 10.6 Å². The number of alkyl halides is 12. The number of amides is 2. The second-order valence-corrected chi connectivity index (χ2v) is 7.59. The molecular formula is C24H12F12N2O4. The molecule has 18 heteroatoms. The highest BCUT2D eigenvalue weighted by Gasteiger charge is 2.38. The van der Waals surface area contributed by atoms with Gasteiger partial charge in [0, 0.05) is 11.4 Å². The minimum Gasteiger partial charge on any atom is -0.436 e. The second kappa shape index (κ2) is 12.8. The number of nitrogens with one attached hydrogen (secondary N) is 2. The summed E-state index contributed by atoms with van der Waals surface area (Å²) in [7, 11) is 0. The molecule has 2 amide bonds. The molecule has 0 heterocycles. The predicted molar refractivity (Wildman–Crippen MR) is 118 cm³/mol. The summed E-state index contributed by atoms with van der Waals surface area (Å²) in [5.41, 5.74) is -8.46. The van der Waals surface area contributed by atoms with Gasteiger partial charge in [-0.25, -0.2) is 9.59 Å². The Labute approximate surface area is 227 Å². The second-order valence-electron chi connectivity index (χ2n) is 7.59. The molecule has 0 fully saturated rings. The van der Waals surface area contributed by atoms with Gasteiger partial charge in [0.15, 0.2) is 13.2 Å². The molecule has 0 aliphatic heterocycles. The van der Waals surface area contributed by atoms with Crippen LogP contribution >= 0.6 is 0 Å². The molecule has 0 bridgehead atoms. The van der Waals surface area contributed by atoms with Crippen molar-refractivity contribution < 1.29 is 71.7 Å². The van der Waals surface area contributed by atoms with Crippen LogP contribution in [0.1, 0.15) is 22.3 Å². The van der Waals surface area contributed by atoms with E-state index in [4.69, 9.17) is 0 Å². The van der Waals surface area contributed by atoms with Gasteiger partial charge in [-0.05, 0) is 60.1 Å². The Morgan fingerprint density at radius 2 is 0.786 bits per heavy atom. The van der Waals surface area contributed by atoms with Crippen molar-refractivity contribution in [2.24, 2.45) is 0 Å². The van der Waals surface area contributed by atoms with Crippen LogP contribution in [0, 0.1) is 23.7 Å². The maximum atomic E-state index is 12.9.